The molecule has 0 unspecified atom stereocenters. The molecule has 0 aliphatic rings. The molecule has 0 fully saturated rings. The molecule has 2 nitrogen and oxygen atoms in total. The summed E-state index contributed by atoms with van der Waals surface area (Å²) in [7, 11) is 0. The number of carbonyl (C=O) groups is 1. The highest BCUT2D eigenvalue weighted by Crippen LogP contribution is 2.19. The van der Waals surface area contributed by atoms with Crippen molar-refractivity contribution in [3.05, 3.63) is 28.0 Å². The molecule has 1 amide bonds. The fourth-order valence-corrected chi connectivity index (χ4v) is 3.04. The van der Waals surface area contributed by atoms with E-state index in [9.17, 15) is 4.79 Å². The number of hydrogen-bond acceptors (Lipinski definition) is 2. The lowest BCUT2D eigenvalue weighted by Gasteiger charge is -2.24. The van der Waals surface area contributed by atoms with Gasteiger partial charge in [-0.05, 0) is 47.8 Å². The minimum Gasteiger partial charge on any atom is -0.352 e. The van der Waals surface area contributed by atoms with E-state index >= 15 is 0 Å². The molecule has 0 aliphatic heterocycles. The first-order valence-corrected chi connectivity index (χ1v) is 7.79. The lowest BCUT2D eigenvalue weighted by Crippen LogP contribution is -2.32. The average Bonchev–Trinajstić information content (AvgIpc) is 2.71. The van der Waals surface area contributed by atoms with Crippen molar-refractivity contribution in [1.29, 1.82) is 0 Å². The van der Waals surface area contributed by atoms with Crippen LogP contribution in [0.5, 0.6) is 0 Å². The van der Waals surface area contributed by atoms with Crippen molar-refractivity contribution < 1.29 is 4.79 Å². The zero-order valence-electron chi connectivity index (χ0n) is 12.6. The molecule has 1 rings (SSSR count). The summed E-state index contributed by atoms with van der Waals surface area (Å²) in [5.74, 6) is 1.70. The molecule has 0 saturated heterocycles. The SMILES string of the molecule is Cc1ccsc1/C=C/C(=O)NCC(C(C)C)C(C)C. The Morgan fingerprint density at radius 1 is 1.32 bits per heavy atom. The van der Waals surface area contributed by atoms with Crippen LogP contribution in [0, 0.1) is 24.7 Å². The normalized spacial score (nSPS) is 12.0. The molecule has 0 bridgehead atoms. The average molecular weight is 279 g/mol. The fraction of sp³-hybridized carbons (Fsp3) is 0.562. The van der Waals surface area contributed by atoms with E-state index in [-0.39, 0.29) is 5.91 Å². The third-order valence-corrected chi connectivity index (χ3v) is 4.50. The minimum absolute atomic E-state index is 0.000833. The number of carbonyl (C=O) groups excluding carboxylic acids is 1. The zero-order valence-corrected chi connectivity index (χ0v) is 13.4. The van der Waals surface area contributed by atoms with E-state index in [1.54, 1.807) is 17.4 Å². The number of nitrogens with one attached hydrogen (secondary N) is 1. The molecule has 0 radical (unpaired) electrons. The van der Waals surface area contributed by atoms with Gasteiger partial charge in [0.1, 0.15) is 0 Å². The molecular formula is C16H25NOS. The number of thiophene rings is 1. The van der Waals surface area contributed by atoms with Gasteiger partial charge in [-0.1, -0.05) is 27.7 Å². The van der Waals surface area contributed by atoms with Gasteiger partial charge in [-0.15, -0.1) is 11.3 Å². The van der Waals surface area contributed by atoms with E-state index in [1.165, 1.54) is 5.56 Å². The molecule has 1 aromatic rings. The molecule has 0 aromatic carbocycles. The number of hydrogen-bond donors (Lipinski definition) is 1. The quantitative estimate of drug-likeness (QED) is 0.780. The second kappa shape index (κ2) is 7.49. The third kappa shape index (κ3) is 5.19. The Balaban J connectivity index is 2.48. The van der Waals surface area contributed by atoms with Gasteiger partial charge in [-0.3, -0.25) is 4.79 Å². The molecule has 19 heavy (non-hydrogen) atoms. The maximum atomic E-state index is 11.8. The highest BCUT2D eigenvalue weighted by atomic mass is 32.1. The summed E-state index contributed by atoms with van der Waals surface area (Å²) >= 11 is 1.66. The van der Waals surface area contributed by atoms with Crippen LogP contribution in [0.1, 0.15) is 38.1 Å². The van der Waals surface area contributed by atoms with Gasteiger partial charge in [0.05, 0.1) is 0 Å². The summed E-state index contributed by atoms with van der Waals surface area (Å²) in [4.78, 5) is 13.0. The van der Waals surface area contributed by atoms with Crippen molar-refractivity contribution >= 4 is 23.3 Å². The van der Waals surface area contributed by atoms with Crippen molar-refractivity contribution in [2.24, 2.45) is 17.8 Å². The van der Waals surface area contributed by atoms with E-state index < -0.39 is 0 Å². The van der Waals surface area contributed by atoms with Gasteiger partial charge in [0, 0.05) is 17.5 Å². The van der Waals surface area contributed by atoms with Gasteiger partial charge < -0.3 is 5.32 Å². The topological polar surface area (TPSA) is 29.1 Å². The Hall–Kier alpha value is -1.09. The monoisotopic (exact) mass is 279 g/mol. The van der Waals surface area contributed by atoms with Crippen molar-refractivity contribution in [1.82, 2.24) is 5.32 Å². The lowest BCUT2D eigenvalue weighted by molar-refractivity contribution is -0.116. The zero-order chi connectivity index (χ0) is 14.4. The van der Waals surface area contributed by atoms with Crippen LogP contribution in [0.3, 0.4) is 0 Å². The van der Waals surface area contributed by atoms with E-state index in [1.807, 2.05) is 11.5 Å². The third-order valence-electron chi connectivity index (χ3n) is 3.51. The summed E-state index contributed by atoms with van der Waals surface area (Å²) in [5.41, 5.74) is 1.22. The Morgan fingerprint density at radius 2 is 1.95 bits per heavy atom. The summed E-state index contributed by atoms with van der Waals surface area (Å²) in [5, 5.41) is 5.05. The van der Waals surface area contributed by atoms with Crippen LogP contribution in [0.4, 0.5) is 0 Å². The van der Waals surface area contributed by atoms with Crippen LogP contribution in [0.2, 0.25) is 0 Å². The van der Waals surface area contributed by atoms with Gasteiger partial charge in [0.25, 0.3) is 0 Å². The molecule has 1 aromatic heterocycles. The Labute approximate surface area is 120 Å². The maximum absolute atomic E-state index is 11.8. The first-order valence-electron chi connectivity index (χ1n) is 6.91. The van der Waals surface area contributed by atoms with Gasteiger partial charge in [-0.25, -0.2) is 0 Å². The Morgan fingerprint density at radius 3 is 2.42 bits per heavy atom. The smallest absolute Gasteiger partial charge is 0.244 e. The van der Waals surface area contributed by atoms with Crippen LogP contribution in [-0.4, -0.2) is 12.5 Å². The molecule has 0 aliphatic carbocycles. The summed E-state index contributed by atoms with van der Waals surface area (Å²) in [6.07, 6.45) is 3.53. The molecule has 0 saturated carbocycles. The lowest BCUT2D eigenvalue weighted by atomic mass is 9.85. The molecule has 0 spiro atoms. The van der Waals surface area contributed by atoms with Crippen LogP contribution < -0.4 is 5.32 Å². The Kier molecular flexibility index (Phi) is 6.29. The molecule has 1 N–H and O–H groups in total. The summed E-state index contributed by atoms with van der Waals surface area (Å²) < 4.78 is 0. The predicted octanol–water partition coefficient (Wildman–Crippen LogP) is 4.11. The largest absolute Gasteiger partial charge is 0.352 e. The van der Waals surface area contributed by atoms with E-state index in [4.69, 9.17) is 0 Å². The molecule has 106 valence electrons. The van der Waals surface area contributed by atoms with Crippen LogP contribution in [-0.2, 0) is 4.79 Å². The van der Waals surface area contributed by atoms with Gasteiger partial charge in [0.2, 0.25) is 5.91 Å². The van der Waals surface area contributed by atoms with Crippen LogP contribution in [0.15, 0.2) is 17.5 Å². The number of aryl methyl sites for hydroxylation is 1. The van der Waals surface area contributed by atoms with E-state index in [2.05, 4.69) is 46.0 Å². The number of amides is 1. The second-order valence-corrected chi connectivity index (χ2v) is 6.65. The number of rotatable bonds is 6. The van der Waals surface area contributed by atoms with Gasteiger partial charge in [0.15, 0.2) is 0 Å². The molecular weight excluding hydrogens is 254 g/mol. The van der Waals surface area contributed by atoms with Crippen molar-refractivity contribution in [3.8, 4) is 0 Å². The highest BCUT2D eigenvalue weighted by molar-refractivity contribution is 7.11. The fourth-order valence-electron chi connectivity index (χ4n) is 2.23. The Bertz CT molecular complexity index is 424. The predicted molar refractivity (Wildman–Crippen MR) is 84.3 cm³/mol. The minimum atomic E-state index is -0.000833. The van der Waals surface area contributed by atoms with Crippen molar-refractivity contribution in [3.63, 3.8) is 0 Å². The van der Waals surface area contributed by atoms with Crippen LogP contribution in [0.25, 0.3) is 6.08 Å². The van der Waals surface area contributed by atoms with E-state index in [0.29, 0.717) is 17.8 Å². The maximum Gasteiger partial charge on any atom is 0.244 e. The molecule has 3 heteroatoms. The van der Waals surface area contributed by atoms with Crippen molar-refractivity contribution in [2.45, 2.75) is 34.6 Å². The van der Waals surface area contributed by atoms with Crippen molar-refractivity contribution in [2.75, 3.05) is 6.54 Å². The second-order valence-electron chi connectivity index (χ2n) is 5.70. The highest BCUT2D eigenvalue weighted by Gasteiger charge is 2.17. The first-order chi connectivity index (χ1) is 8.91. The summed E-state index contributed by atoms with van der Waals surface area (Å²) in [6.45, 7) is 11.6. The van der Waals surface area contributed by atoms with Crippen LogP contribution >= 0.6 is 11.3 Å². The molecule has 0 atom stereocenters. The van der Waals surface area contributed by atoms with E-state index in [0.717, 1.165) is 11.4 Å². The van der Waals surface area contributed by atoms with Gasteiger partial charge in [-0.2, -0.15) is 0 Å². The van der Waals surface area contributed by atoms with Gasteiger partial charge >= 0.3 is 0 Å². The standard InChI is InChI=1S/C16H25NOS/c1-11(2)14(12(3)4)10-17-16(18)7-6-15-13(5)8-9-19-15/h6-9,11-12,14H,10H2,1-5H3,(H,17,18)/b7-6+. The summed E-state index contributed by atoms with van der Waals surface area (Å²) in [6, 6.07) is 2.07. The molecule has 1 heterocycles. The first kappa shape index (κ1) is 16.0.